The van der Waals surface area contributed by atoms with Crippen LogP contribution >= 0.6 is 0 Å². The predicted octanol–water partition coefficient (Wildman–Crippen LogP) is 8.48. The van der Waals surface area contributed by atoms with E-state index in [0.29, 0.717) is 34.7 Å². The van der Waals surface area contributed by atoms with Crippen molar-refractivity contribution in [2.45, 2.75) is 46.5 Å². The molecule has 0 N–H and O–H groups in total. The van der Waals surface area contributed by atoms with E-state index < -0.39 is 29.4 Å². The van der Waals surface area contributed by atoms with Gasteiger partial charge in [-0.1, -0.05) is 6.07 Å². The molecule has 0 aliphatic rings. The molecule has 0 spiro atoms. The third-order valence-corrected chi connectivity index (χ3v) is 5.54. The van der Waals surface area contributed by atoms with Crippen LogP contribution in [0.2, 0.25) is 0 Å². The average molecular weight is 506 g/mol. The third-order valence-electron chi connectivity index (χ3n) is 5.54. The third kappa shape index (κ3) is 7.26. The monoisotopic (exact) mass is 505 g/mol. The Labute approximate surface area is 205 Å². The number of pyridine rings is 1. The first-order chi connectivity index (χ1) is 16.7. The predicted molar refractivity (Wildman–Crippen MR) is 129 cm³/mol. The van der Waals surface area contributed by atoms with Gasteiger partial charge in [-0.25, -0.2) is 0 Å². The molecule has 0 bridgehead atoms. The molecule has 9 heteroatoms. The normalized spacial score (nSPS) is 14.2. The summed E-state index contributed by atoms with van der Waals surface area (Å²) in [7, 11) is 0. The quantitative estimate of drug-likeness (QED) is 0.245. The van der Waals surface area contributed by atoms with Crippen LogP contribution in [0.25, 0.3) is 0 Å². The van der Waals surface area contributed by atoms with Crippen LogP contribution in [0.5, 0.6) is 0 Å². The lowest BCUT2D eigenvalue weighted by Crippen LogP contribution is -2.23. The molecule has 3 rings (SSSR count). The van der Waals surface area contributed by atoms with Gasteiger partial charge < -0.3 is 0 Å². The van der Waals surface area contributed by atoms with Crippen molar-refractivity contribution in [1.82, 2.24) is 4.98 Å². The minimum absolute atomic E-state index is 0.133. The number of aromatic nitrogens is 1. The second-order valence-electron chi connectivity index (χ2n) is 8.69. The van der Waals surface area contributed by atoms with Crippen molar-refractivity contribution < 1.29 is 26.3 Å². The molecule has 3 nitrogen and oxygen atoms in total. The fourth-order valence-corrected chi connectivity index (χ4v) is 3.87. The molecule has 0 amide bonds. The summed E-state index contributed by atoms with van der Waals surface area (Å²) in [6.07, 6.45) is -7.11. The second kappa shape index (κ2) is 10.6. The fourth-order valence-electron chi connectivity index (χ4n) is 3.87. The summed E-state index contributed by atoms with van der Waals surface area (Å²) >= 11 is 0. The van der Waals surface area contributed by atoms with E-state index in [1.54, 1.807) is 64.2 Å². The maximum atomic E-state index is 13.3. The van der Waals surface area contributed by atoms with Crippen molar-refractivity contribution >= 4 is 22.8 Å². The van der Waals surface area contributed by atoms with Crippen LogP contribution in [0.1, 0.15) is 41.8 Å². The first-order valence-electron chi connectivity index (χ1n) is 11.1. The second-order valence-corrected chi connectivity index (χ2v) is 8.69. The van der Waals surface area contributed by atoms with Gasteiger partial charge in [-0.3, -0.25) is 15.0 Å². The Balaban J connectivity index is 2.06. The highest BCUT2D eigenvalue weighted by Crippen LogP contribution is 2.34. The number of rotatable bonds is 6. The van der Waals surface area contributed by atoms with Crippen LogP contribution in [0, 0.1) is 19.8 Å². The lowest BCUT2D eigenvalue weighted by molar-refractivity contribution is -0.138. The first kappa shape index (κ1) is 27.1. The smallest absolute Gasteiger partial charge is 0.261 e. The van der Waals surface area contributed by atoms with Gasteiger partial charge in [-0.2, -0.15) is 26.3 Å². The molecule has 0 fully saturated rings. The number of benzene rings is 2. The molecule has 1 heterocycles. The Morgan fingerprint density at radius 3 is 1.61 bits per heavy atom. The van der Waals surface area contributed by atoms with Crippen LogP contribution in [0.15, 0.2) is 70.8 Å². The van der Waals surface area contributed by atoms with Gasteiger partial charge in [0.2, 0.25) is 0 Å². The van der Waals surface area contributed by atoms with E-state index in [1.807, 2.05) is 0 Å². The number of aryl methyl sites for hydroxylation is 2. The van der Waals surface area contributed by atoms with Gasteiger partial charge in [0.15, 0.2) is 0 Å². The highest BCUT2D eigenvalue weighted by molar-refractivity contribution is 6.07. The number of hydrogen-bond acceptors (Lipinski definition) is 3. The van der Waals surface area contributed by atoms with Crippen LogP contribution in [-0.2, 0) is 18.8 Å². The van der Waals surface area contributed by atoms with E-state index in [1.165, 1.54) is 0 Å². The topological polar surface area (TPSA) is 37.6 Å². The molecule has 0 unspecified atom stereocenters. The van der Waals surface area contributed by atoms with E-state index in [0.717, 1.165) is 24.3 Å². The van der Waals surface area contributed by atoms with Crippen LogP contribution in [0.4, 0.5) is 37.7 Å². The summed E-state index contributed by atoms with van der Waals surface area (Å²) in [5, 5.41) is 0. The average Bonchev–Trinajstić information content (AvgIpc) is 2.76. The van der Waals surface area contributed by atoms with Gasteiger partial charge >= 0.3 is 12.4 Å². The zero-order valence-electron chi connectivity index (χ0n) is 20.2. The zero-order chi connectivity index (χ0) is 26.7. The number of hydrogen-bond donors (Lipinski definition) is 0. The van der Waals surface area contributed by atoms with Crippen molar-refractivity contribution in [2.75, 3.05) is 0 Å². The van der Waals surface area contributed by atoms with Gasteiger partial charge in [0.25, 0.3) is 0 Å². The molecule has 0 aliphatic carbocycles. The first-order valence-corrected chi connectivity index (χ1v) is 11.1. The molecule has 0 atom stereocenters. The summed E-state index contributed by atoms with van der Waals surface area (Å²) in [6, 6.07) is 12.4. The minimum atomic E-state index is -4.52. The Bertz CT molecular complexity index is 1200. The van der Waals surface area contributed by atoms with Gasteiger partial charge in [0.1, 0.15) is 0 Å². The van der Waals surface area contributed by atoms with Crippen LogP contribution in [-0.4, -0.2) is 16.4 Å². The number of halogens is 6. The van der Waals surface area contributed by atoms with Crippen LogP contribution < -0.4 is 0 Å². The lowest BCUT2D eigenvalue weighted by Gasteiger charge is -2.18. The van der Waals surface area contributed by atoms with Crippen molar-refractivity contribution in [3.63, 3.8) is 0 Å². The van der Waals surface area contributed by atoms with E-state index in [-0.39, 0.29) is 11.4 Å². The molecule has 0 saturated heterocycles. The highest BCUT2D eigenvalue weighted by Gasteiger charge is 2.32. The van der Waals surface area contributed by atoms with Crippen molar-refractivity contribution in [2.24, 2.45) is 15.9 Å². The van der Waals surface area contributed by atoms with E-state index in [4.69, 9.17) is 0 Å². The summed E-state index contributed by atoms with van der Waals surface area (Å²) in [5.41, 5.74) is 1.08. The molecule has 0 saturated carbocycles. The number of aliphatic imine (C=N–C) groups is 2. The molecule has 3 aromatic rings. The van der Waals surface area contributed by atoms with Gasteiger partial charge in [0, 0.05) is 35.7 Å². The van der Waals surface area contributed by atoms with Crippen molar-refractivity contribution in [3.05, 3.63) is 88.7 Å². The Morgan fingerprint density at radius 2 is 1.22 bits per heavy atom. The van der Waals surface area contributed by atoms with Gasteiger partial charge in [0.05, 0.1) is 22.5 Å². The van der Waals surface area contributed by atoms with E-state index in [9.17, 15) is 26.3 Å². The zero-order valence-corrected chi connectivity index (χ0v) is 20.2. The van der Waals surface area contributed by atoms with Crippen molar-refractivity contribution in [1.29, 1.82) is 0 Å². The Kier molecular flexibility index (Phi) is 8.01. The standard InChI is InChI=1S/C27H25F6N3/c1-16-9-20(26(28,29)30)13-23(11-16)35-18(3)25(15-22-7-5-6-8-34-22)19(4)36-24-12-17(2)10-21(14-24)27(31,32)33/h5-14,25H,15H2,1-4H3/b35-18+,36-19+. The van der Waals surface area contributed by atoms with Crippen molar-refractivity contribution in [3.8, 4) is 0 Å². The molecule has 1 aromatic heterocycles. The van der Waals surface area contributed by atoms with Gasteiger partial charge in [-0.15, -0.1) is 0 Å². The van der Waals surface area contributed by atoms with E-state index in [2.05, 4.69) is 15.0 Å². The molecular weight excluding hydrogens is 480 g/mol. The minimum Gasteiger partial charge on any atom is -0.261 e. The molecule has 190 valence electrons. The van der Waals surface area contributed by atoms with E-state index >= 15 is 0 Å². The Hall–Kier alpha value is -3.49. The summed E-state index contributed by atoms with van der Waals surface area (Å²) in [5.74, 6) is -0.510. The summed E-state index contributed by atoms with van der Waals surface area (Å²) < 4.78 is 79.8. The van der Waals surface area contributed by atoms with Crippen LogP contribution in [0.3, 0.4) is 0 Å². The lowest BCUT2D eigenvalue weighted by atomic mass is 9.93. The largest absolute Gasteiger partial charge is 0.416 e. The molecule has 0 radical (unpaired) electrons. The molecule has 36 heavy (non-hydrogen) atoms. The van der Waals surface area contributed by atoms with Gasteiger partial charge in [-0.05, 0) is 87.4 Å². The molecule has 0 aliphatic heterocycles. The SMILES string of the molecule is C/C(=N\c1cc(C)cc(C(F)(F)F)c1)C(Cc1ccccn1)/C(C)=N/c1cc(C)cc(C(F)(F)F)c1. The Morgan fingerprint density at radius 1 is 0.750 bits per heavy atom. The summed E-state index contributed by atoms with van der Waals surface area (Å²) in [6.45, 7) is 6.44. The number of nitrogens with zero attached hydrogens (tertiary/aromatic N) is 3. The highest BCUT2D eigenvalue weighted by atomic mass is 19.4. The fraction of sp³-hybridized carbons (Fsp3) is 0.296. The molecule has 2 aromatic carbocycles. The molecular formula is C27H25F6N3. The maximum Gasteiger partial charge on any atom is 0.416 e. The maximum absolute atomic E-state index is 13.3. The number of alkyl halides is 6. The summed E-state index contributed by atoms with van der Waals surface area (Å²) in [4.78, 5) is 13.2.